The van der Waals surface area contributed by atoms with E-state index >= 15 is 0 Å². The van der Waals surface area contributed by atoms with Gasteiger partial charge in [-0.05, 0) is 24.3 Å². The van der Waals surface area contributed by atoms with Gasteiger partial charge in [0, 0.05) is 31.8 Å². The van der Waals surface area contributed by atoms with Crippen LogP contribution in [-0.2, 0) is 6.61 Å². The van der Waals surface area contributed by atoms with Crippen LogP contribution in [0.2, 0.25) is 10.0 Å². The van der Waals surface area contributed by atoms with Crippen molar-refractivity contribution < 1.29 is 4.74 Å². The molecule has 94 valence electrons. The van der Waals surface area contributed by atoms with Gasteiger partial charge in [0.1, 0.15) is 12.4 Å². The lowest BCUT2D eigenvalue weighted by Gasteiger charge is -2.09. The molecule has 0 amide bonds. The molecule has 18 heavy (non-hydrogen) atoms. The summed E-state index contributed by atoms with van der Waals surface area (Å²) in [6, 6.07) is 10.7. The number of rotatable bonds is 3. The molecule has 0 aliphatic rings. The quantitative estimate of drug-likeness (QED) is 0.801. The molecule has 0 aliphatic carbocycles. The second-order valence-corrected chi connectivity index (χ2v) is 5.50. The van der Waals surface area contributed by atoms with Crippen LogP contribution in [0.5, 0.6) is 5.75 Å². The molecule has 5 heteroatoms. The van der Waals surface area contributed by atoms with Crippen LogP contribution >= 0.6 is 39.1 Å². The third-order valence-electron chi connectivity index (χ3n) is 2.30. The van der Waals surface area contributed by atoms with Crippen LogP contribution in [0.4, 0.5) is 5.69 Å². The van der Waals surface area contributed by atoms with Crippen LogP contribution < -0.4 is 10.5 Å². The SMILES string of the molecule is Nc1cc(Br)cc(OCc2ccc(Cl)cc2Cl)c1. The van der Waals surface area contributed by atoms with E-state index in [1.54, 1.807) is 18.2 Å². The molecule has 2 aromatic rings. The van der Waals surface area contributed by atoms with E-state index in [1.807, 2.05) is 18.2 Å². The third-order valence-corrected chi connectivity index (χ3v) is 3.35. The highest BCUT2D eigenvalue weighted by atomic mass is 79.9. The van der Waals surface area contributed by atoms with E-state index in [1.165, 1.54) is 0 Å². The van der Waals surface area contributed by atoms with Gasteiger partial charge in [-0.2, -0.15) is 0 Å². The van der Waals surface area contributed by atoms with E-state index in [2.05, 4.69) is 15.9 Å². The summed E-state index contributed by atoms with van der Waals surface area (Å²) >= 11 is 15.2. The highest BCUT2D eigenvalue weighted by Gasteiger charge is 2.03. The van der Waals surface area contributed by atoms with Crippen molar-refractivity contribution in [3.8, 4) is 5.75 Å². The maximum absolute atomic E-state index is 6.06. The molecule has 0 heterocycles. The maximum atomic E-state index is 6.06. The van der Waals surface area contributed by atoms with E-state index in [9.17, 15) is 0 Å². The van der Waals surface area contributed by atoms with Crippen molar-refractivity contribution in [2.75, 3.05) is 5.73 Å². The summed E-state index contributed by atoms with van der Waals surface area (Å²) in [6.45, 7) is 0.367. The van der Waals surface area contributed by atoms with E-state index in [0.29, 0.717) is 28.1 Å². The van der Waals surface area contributed by atoms with Crippen LogP contribution in [0.1, 0.15) is 5.56 Å². The Labute approximate surface area is 124 Å². The molecule has 0 aliphatic heterocycles. The van der Waals surface area contributed by atoms with Gasteiger partial charge in [-0.3, -0.25) is 0 Å². The predicted octanol–water partition coefficient (Wildman–Crippen LogP) is 4.92. The lowest BCUT2D eigenvalue weighted by Crippen LogP contribution is -1.97. The zero-order chi connectivity index (χ0) is 13.1. The van der Waals surface area contributed by atoms with E-state index in [4.69, 9.17) is 33.7 Å². The zero-order valence-electron chi connectivity index (χ0n) is 9.29. The molecule has 0 saturated heterocycles. The largest absolute Gasteiger partial charge is 0.489 e. The molecule has 0 bridgehead atoms. The average Bonchev–Trinajstić information content (AvgIpc) is 2.26. The summed E-state index contributed by atoms with van der Waals surface area (Å²) in [5.74, 6) is 0.688. The summed E-state index contributed by atoms with van der Waals surface area (Å²) in [5, 5.41) is 1.20. The summed E-state index contributed by atoms with van der Waals surface area (Å²) in [4.78, 5) is 0. The number of halogens is 3. The summed E-state index contributed by atoms with van der Waals surface area (Å²) < 4.78 is 6.51. The Morgan fingerprint density at radius 2 is 1.89 bits per heavy atom. The summed E-state index contributed by atoms with van der Waals surface area (Å²) in [5.41, 5.74) is 7.24. The van der Waals surface area contributed by atoms with Crippen molar-refractivity contribution in [2.24, 2.45) is 0 Å². The molecule has 0 spiro atoms. The maximum Gasteiger partial charge on any atom is 0.122 e. The zero-order valence-corrected chi connectivity index (χ0v) is 12.4. The summed E-state index contributed by atoms with van der Waals surface area (Å²) in [7, 11) is 0. The minimum absolute atomic E-state index is 0.367. The highest BCUT2D eigenvalue weighted by molar-refractivity contribution is 9.10. The van der Waals surface area contributed by atoms with Gasteiger partial charge in [0.05, 0.1) is 0 Å². The van der Waals surface area contributed by atoms with E-state index in [-0.39, 0.29) is 0 Å². The standard InChI is InChI=1S/C13H10BrCl2NO/c14-9-3-11(17)6-12(4-9)18-7-8-1-2-10(15)5-13(8)16/h1-6H,7,17H2. The Bertz CT molecular complexity index is 555. The number of ether oxygens (including phenoxy) is 1. The first-order chi connectivity index (χ1) is 8.54. The number of nitrogens with two attached hydrogens (primary N) is 1. The lowest BCUT2D eigenvalue weighted by atomic mass is 10.2. The topological polar surface area (TPSA) is 35.2 Å². The second-order valence-electron chi connectivity index (χ2n) is 3.74. The molecule has 2 aromatic carbocycles. The number of nitrogen functional groups attached to an aromatic ring is 1. The van der Waals surface area contributed by atoms with Crippen LogP contribution in [0, 0.1) is 0 Å². The van der Waals surface area contributed by atoms with Crippen molar-refractivity contribution >= 4 is 44.8 Å². The average molecular weight is 347 g/mol. The predicted molar refractivity (Wildman–Crippen MR) is 79.3 cm³/mol. The minimum atomic E-state index is 0.367. The van der Waals surface area contributed by atoms with E-state index in [0.717, 1.165) is 10.0 Å². The fourth-order valence-electron chi connectivity index (χ4n) is 1.47. The smallest absolute Gasteiger partial charge is 0.122 e. The first-order valence-electron chi connectivity index (χ1n) is 5.17. The van der Waals surface area contributed by atoms with Gasteiger partial charge in [-0.15, -0.1) is 0 Å². The van der Waals surface area contributed by atoms with Gasteiger partial charge in [0.15, 0.2) is 0 Å². The molecule has 0 saturated carbocycles. The van der Waals surface area contributed by atoms with Crippen molar-refractivity contribution in [2.45, 2.75) is 6.61 Å². The molecule has 2 N–H and O–H groups in total. The molecular weight excluding hydrogens is 337 g/mol. The Hall–Kier alpha value is -0.900. The molecule has 2 rings (SSSR count). The third kappa shape index (κ3) is 3.55. The van der Waals surface area contributed by atoms with Gasteiger partial charge in [-0.1, -0.05) is 45.2 Å². The molecule has 0 atom stereocenters. The fraction of sp³-hybridized carbons (Fsp3) is 0.0769. The Morgan fingerprint density at radius 1 is 1.11 bits per heavy atom. The Balaban J connectivity index is 2.11. The van der Waals surface area contributed by atoms with Gasteiger partial charge in [0.25, 0.3) is 0 Å². The van der Waals surface area contributed by atoms with Gasteiger partial charge in [-0.25, -0.2) is 0 Å². The normalized spacial score (nSPS) is 10.4. The first kappa shape index (κ1) is 13.5. The van der Waals surface area contributed by atoms with Gasteiger partial charge < -0.3 is 10.5 Å². The molecular formula is C13H10BrCl2NO. The Morgan fingerprint density at radius 3 is 2.56 bits per heavy atom. The minimum Gasteiger partial charge on any atom is -0.489 e. The van der Waals surface area contributed by atoms with Crippen LogP contribution in [0.15, 0.2) is 40.9 Å². The molecule has 0 aromatic heterocycles. The monoisotopic (exact) mass is 345 g/mol. The van der Waals surface area contributed by atoms with Crippen molar-refractivity contribution in [1.82, 2.24) is 0 Å². The molecule has 0 unspecified atom stereocenters. The lowest BCUT2D eigenvalue weighted by molar-refractivity contribution is 0.306. The highest BCUT2D eigenvalue weighted by Crippen LogP contribution is 2.26. The number of anilines is 1. The molecule has 2 nitrogen and oxygen atoms in total. The van der Waals surface area contributed by atoms with Crippen molar-refractivity contribution in [3.63, 3.8) is 0 Å². The van der Waals surface area contributed by atoms with E-state index < -0.39 is 0 Å². The number of benzene rings is 2. The van der Waals surface area contributed by atoms with Crippen LogP contribution in [0.3, 0.4) is 0 Å². The summed E-state index contributed by atoms with van der Waals surface area (Å²) in [6.07, 6.45) is 0. The number of hydrogen-bond donors (Lipinski definition) is 1. The first-order valence-corrected chi connectivity index (χ1v) is 6.72. The van der Waals surface area contributed by atoms with Crippen LogP contribution in [0.25, 0.3) is 0 Å². The number of hydrogen-bond acceptors (Lipinski definition) is 2. The molecule has 0 fully saturated rings. The second kappa shape index (κ2) is 5.83. The van der Waals surface area contributed by atoms with Gasteiger partial charge >= 0.3 is 0 Å². The van der Waals surface area contributed by atoms with Crippen LogP contribution in [-0.4, -0.2) is 0 Å². The Kier molecular flexibility index (Phi) is 4.38. The fourth-order valence-corrected chi connectivity index (χ4v) is 2.42. The van der Waals surface area contributed by atoms with Crippen molar-refractivity contribution in [1.29, 1.82) is 0 Å². The van der Waals surface area contributed by atoms with Gasteiger partial charge in [0.2, 0.25) is 0 Å². The molecule has 0 radical (unpaired) electrons. The van der Waals surface area contributed by atoms with Crippen molar-refractivity contribution in [3.05, 3.63) is 56.5 Å².